The number of nitrogens with one attached hydrogen (secondary N) is 2. The van der Waals surface area contributed by atoms with Crippen molar-refractivity contribution < 1.29 is 14.4 Å². The van der Waals surface area contributed by atoms with E-state index in [0.717, 1.165) is 67.4 Å². The summed E-state index contributed by atoms with van der Waals surface area (Å²) in [5.41, 5.74) is 7.93. The largest absolute Gasteiger partial charge is 0.396 e. The summed E-state index contributed by atoms with van der Waals surface area (Å²) in [6, 6.07) is 3.93. The summed E-state index contributed by atoms with van der Waals surface area (Å²) >= 11 is 0. The number of aromatic nitrogens is 3. The van der Waals surface area contributed by atoms with Crippen molar-refractivity contribution in [3.05, 3.63) is 47.8 Å². The van der Waals surface area contributed by atoms with E-state index in [4.69, 9.17) is 5.73 Å². The van der Waals surface area contributed by atoms with Gasteiger partial charge >= 0.3 is 0 Å². The van der Waals surface area contributed by atoms with E-state index in [1.807, 2.05) is 18.3 Å². The molecule has 1 aliphatic rings. The van der Waals surface area contributed by atoms with Crippen molar-refractivity contribution in [3.8, 4) is 11.3 Å². The van der Waals surface area contributed by atoms with E-state index in [1.165, 1.54) is 0 Å². The highest BCUT2D eigenvalue weighted by Gasteiger charge is 2.38. The van der Waals surface area contributed by atoms with Gasteiger partial charge in [-0.25, -0.2) is 4.98 Å². The van der Waals surface area contributed by atoms with Gasteiger partial charge < -0.3 is 16.0 Å². The van der Waals surface area contributed by atoms with Crippen molar-refractivity contribution >= 4 is 18.0 Å². The standard InChI is InChI=1S/C24H31N5O3/c1-2-19-17(8-7-14-26-19)20-16-27-23(28-20)24(13-6-10-22(32)29-24)12-5-3-4-9-21(31)18(25)11-15-30/h7-8,11,14-16H,2-6,9-10,12-13,25H2,1H3,(H,27,28)(H,29,32)/b18-11-. The molecule has 0 spiro atoms. The zero-order valence-corrected chi connectivity index (χ0v) is 18.5. The zero-order chi connectivity index (χ0) is 23.0. The second-order valence-electron chi connectivity index (χ2n) is 8.22. The Morgan fingerprint density at radius 3 is 2.88 bits per heavy atom. The molecular weight excluding hydrogens is 406 g/mol. The predicted molar refractivity (Wildman–Crippen MR) is 121 cm³/mol. The fourth-order valence-corrected chi connectivity index (χ4v) is 4.29. The van der Waals surface area contributed by atoms with Gasteiger partial charge in [0, 0.05) is 36.4 Å². The van der Waals surface area contributed by atoms with Crippen LogP contribution in [0.5, 0.6) is 0 Å². The molecule has 0 radical (unpaired) electrons. The number of Topliss-reactive ketones (excluding diaryl/α,β-unsaturated/α-hetero) is 1. The minimum atomic E-state index is -0.539. The van der Waals surface area contributed by atoms with Gasteiger partial charge in [-0.1, -0.05) is 19.8 Å². The maximum absolute atomic E-state index is 12.3. The lowest BCUT2D eigenvalue weighted by Gasteiger charge is -2.36. The lowest BCUT2D eigenvalue weighted by molar-refractivity contribution is -0.125. The Morgan fingerprint density at radius 1 is 1.28 bits per heavy atom. The van der Waals surface area contributed by atoms with Gasteiger partial charge in [-0.3, -0.25) is 19.4 Å². The molecule has 1 aliphatic heterocycles. The highest BCUT2D eigenvalue weighted by atomic mass is 16.2. The maximum Gasteiger partial charge on any atom is 0.220 e. The number of aromatic amines is 1. The number of carbonyl (C=O) groups excluding carboxylic acids is 3. The first kappa shape index (κ1) is 23.4. The van der Waals surface area contributed by atoms with E-state index < -0.39 is 5.54 Å². The third kappa shape index (κ3) is 5.49. The molecule has 0 aromatic carbocycles. The number of unbranched alkanes of at least 4 members (excludes halogenated alkanes) is 2. The van der Waals surface area contributed by atoms with E-state index in [-0.39, 0.29) is 17.4 Å². The Balaban J connectivity index is 1.70. The van der Waals surface area contributed by atoms with Gasteiger partial charge in [-0.2, -0.15) is 0 Å². The number of nitrogens with two attached hydrogens (primary N) is 1. The van der Waals surface area contributed by atoms with E-state index in [1.54, 1.807) is 6.20 Å². The minimum absolute atomic E-state index is 0.000907. The molecule has 2 aromatic rings. The Kier molecular flexibility index (Phi) is 7.92. The van der Waals surface area contributed by atoms with Gasteiger partial charge in [0.25, 0.3) is 0 Å². The number of hydrogen-bond donors (Lipinski definition) is 3. The molecule has 0 aliphatic carbocycles. The van der Waals surface area contributed by atoms with Crippen LogP contribution in [0, 0.1) is 0 Å². The Labute approximate surface area is 188 Å². The van der Waals surface area contributed by atoms with Crippen LogP contribution in [0.15, 0.2) is 36.3 Å². The SMILES string of the molecule is CCc1ncccc1-c1cnc(C2(CCCCCC(=O)/C(N)=C/C=O)CCCC(=O)N2)[nH]1. The van der Waals surface area contributed by atoms with Crippen molar-refractivity contribution in [2.45, 2.75) is 70.3 Å². The number of pyridine rings is 1. The smallest absolute Gasteiger partial charge is 0.220 e. The predicted octanol–water partition coefficient (Wildman–Crippen LogP) is 3.09. The van der Waals surface area contributed by atoms with E-state index in [9.17, 15) is 14.4 Å². The second-order valence-corrected chi connectivity index (χ2v) is 8.22. The van der Waals surface area contributed by atoms with Gasteiger partial charge in [0.2, 0.25) is 5.91 Å². The topological polar surface area (TPSA) is 131 Å². The highest BCUT2D eigenvalue weighted by molar-refractivity contribution is 5.97. The van der Waals surface area contributed by atoms with Crippen LogP contribution in [0.1, 0.15) is 69.8 Å². The second kappa shape index (κ2) is 10.8. The van der Waals surface area contributed by atoms with Crippen LogP contribution in [0.25, 0.3) is 11.3 Å². The van der Waals surface area contributed by atoms with Crippen molar-refractivity contribution in [1.29, 1.82) is 0 Å². The van der Waals surface area contributed by atoms with Crippen LogP contribution in [0.2, 0.25) is 0 Å². The molecule has 3 heterocycles. The molecule has 4 N–H and O–H groups in total. The molecule has 32 heavy (non-hydrogen) atoms. The van der Waals surface area contributed by atoms with Crippen molar-refractivity contribution in [1.82, 2.24) is 20.3 Å². The van der Waals surface area contributed by atoms with Crippen molar-refractivity contribution in [3.63, 3.8) is 0 Å². The summed E-state index contributed by atoms with van der Waals surface area (Å²) in [7, 11) is 0. The average Bonchev–Trinajstić information content (AvgIpc) is 3.30. The van der Waals surface area contributed by atoms with Crippen LogP contribution in [-0.2, 0) is 26.3 Å². The lowest BCUT2D eigenvalue weighted by Crippen LogP contribution is -2.49. The molecule has 0 bridgehead atoms. The Bertz CT molecular complexity index is 997. The van der Waals surface area contributed by atoms with E-state index >= 15 is 0 Å². The third-order valence-corrected chi connectivity index (χ3v) is 6.01. The van der Waals surface area contributed by atoms with Crippen LogP contribution in [-0.4, -0.2) is 32.9 Å². The monoisotopic (exact) mass is 437 g/mol. The lowest BCUT2D eigenvalue weighted by atomic mass is 9.83. The number of aryl methyl sites for hydroxylation is 1. The fourth-order valence-electron chi connectivity index (χ4n) is 4.29. The van der Waals surface area contributed by atoms with Crippen LogP contribution in [0.3, 0.4) is 0 Å². The number of allylic oxidation sites excluding steroid dienone is 2. The first-order valence-electron chi connectivity index (χ1n) is 11.2. The molecule has 8 nitrogen and oxygen atoms in total. The number of hydrogen-bond acceptors (Lipinski definition) is 6. The first-order chi connectivity index (χ1) is 15.5. The van der Waals surface area contributed by atoms with Gasteiger partial charge in [0.15, 0.2) is 5.78 Å². The number of nitrogens with zero attached hydrogens (tertiary/aromatic N) is 2. The molecule has 8 heteroatoms. The number of rotatable bonds is 11. The normalized spacial score (nSPS) is 18.9. The number of aldehydes is 1. The van der Waals surface area contributed by atoms with Gasteiger partial charge in [-0.15, -0.1) is 0 Å². The molecule has 1 unspecified atom stereocenters. The summed E-state index contributed by atoms with van der Waals surface area (Å²) in [5.74, 6) is 0.587. The zero-order valence-electron chi connectivity index (χ0n) is 18.5. The number of carbonyl (C=O) groups is 3. The number of piperidine rings is 1. The third-order valence-electron chi connectivity index (χ3n) is 6.01. The summed E-state index contributed by atoms with van der Waals surface area (Å²) in [4.78, 5) is 47.2. The number of H-pyrrole nitrogens is 1. The van der Waals surface area contributed by atoms with Crippen LogP contribution in [0.4, 0.5) is 0 Å². The molecule has 2 aromatic heterocycles. The summed E-state index contributed by atoms with van der Waals surface area (Å²) in [6.07, 6.45) is 11.5. The number of ketones is 1. The summed E-state index contributed by atoms with van der Waals surface area (Å²) < 4.78 is 0. The maximum atomic E-state index is 12.3. The molecule has 170 valence electrons. The Hall–Kier alpha value is -3.29. The van der Waals surface area contributed by atoms with Gasteiger partial charge in [0.05, 0.1) is 23.1 Å². The van der Waals surface area contributed by atoms with Crippen molar-refractivity contribution in [2.24, 2.45) is 5.73 Å². The first-order valence-corrected chi connectivity index (χ1v) is 11.2. The summed E-state index contributed by atoms with van der Waals surface area (Å²) in [5, 5.41) is 3.19. The molecule has 0 saturated carbocycles. The summed E-state index contributed by atoms with van der Waals surface area (Å²) in [6.45, 7) is 2.07. The number of imidazole rings is 1. The van der Waals surface area contributed by atoms with E-state index in [0.29, 0.717) is 25.5 Å². The quantitative estimate of drug-likeness (QED) is 0.281. The van der Waals surface area contributed by atoms with Crippen molar-refractivity contribution in [2.75, 3.05) is 0 Å². The average molecular weight is 438 g/mol. The molecule has 1 saturated heterocycles. The van der Waals surface area contributed by atoms with Gasteiger partial charge in [-0.05, 0) is 44.2 Å². The minimum Gasteiger partial charge on any atom is -0.396 e. The molecular formula is C24H31N5O3. The molecule has 1 fully saturated rings. The Morgan fingerprint density at radius 2 is 2.12 bits per heavy atom. The molecule has 1 amide bonds. The van der Waals surface area contributed by atoms with Gasteiger partial charge in [0.1, 0.15) is 12.1 Å². The fraction of sp³-hybridized carbons (Fsp3) is 0.458. The molecule has 3 rings (SSSR count). The van der Waals surface area contributed by atoms with E-state index in [2.05, 4.69) is 27.2 Å². The van der Waals surface area contributed by atoms with Crippen LogP contribution < -0.4 is 11.1 Å². The van der Waals surface area contributed by atoms with Crippen LogP contribution >= 0.6 is 0 Å². The number of amides is 1. The highest BCUT2D eigenvalue weighted by Crippen LogP contribution is 2.35. The molecule has 1 atom stereocenters.